The van der Waals surface area contributed by atoms with E-state index in [2.05, 4.69) is 15.0 Å². The Morgan fingerprint density at radius 3 is 2.94 bits per heavy atom. The van der Waals surface area contributed by atoms with Gasteiger partial charge in [-0.05, 0) is 6.92 Å². The monoisotopic (exact) mass is 249 g/mol. The quantitative estimate of drug-likeness (QED) is 0.667. The third-order valence-corrected chi connectivity index (χ3v) is 2.73. The zero-order valence-corrected chi connectivity index (χ0v) is 9.64. The Morgan fingerprint density at radius 2 is 2.24 bits per heavy atom. The summed E-state index contributed by atoms with van der Waals surface area (Å²) in [5.41, 5.74) is 7.50. The van der Waals surface area contributed by atoms with Crippen molar-refractivity contribution < 1.29 is 4.42 Å². The molecule has 3 aromatic rings. The number of nitrogens with two attached hydrogens (primary N) is 1. The number of anilines is 1. The minimum atomic E-state index is 0.116. The largest absolute Gasteiger partial charge is 0.467 e. The highest BCUT2D eigenvalue weighted by Crippen LogP contribution is 2.24. The maximum absolute atomic E-state index is 5.95. The number of rotatable bonds is 1. The maximum Gasteiger partial charge on any atom is 0.223 e. The Morgan fingerprint density at radius 1 is 1.41 bits per heavy atom. The van der Waals surface area contributed by atoms with Crippen LogP contribution in [0.25, 0.3) is 16.9 Å². The molecule has 0 radical (unpaired) electrons. The zero-order valence-electron chi connectivity index (χ0n) is 8.88. The van der Waals surface area contributed by atoms with Gasteiger partial charge in [-0.3, -0.25) is 4.57 Å². The van der Waals surface area contributed by atoms with Crippen LogP contribution >= 0.6 is 11.6 Å². The molecule has 0 atom stereocenters. The highest BCUT2D eigenvalue weighted by molar-refractivity contribution is 6.33. The number of hydrogen-bond acceptors (Lipinski definition) is 5. The predicted octanol–water partition coefficient (Wildman–Crippen LogP) is 1.95. The fourth-order valence-electron chi connectivity index (χ4n) is 1.69. The summed E-state index contributed by atoms with van der Waals surface area (Å²) in [7, 11) is 0. The van der Waals surface area contributed by atoms with Gasteiger partial charge in [-0.2, -0.15) is 9.97 Å². The number of fused-ring (bicyclic) bond motifs is 1. The second-order valence-corrected chi connectivity index (χ2v) is 3.88. The number of nitrogen functional groups attached to an aromatic ring is 1. The Kier molecular flexibility index (Phi) is 2.05. The molecule has 0 unspecified atom stereocenters. The standard InChI is InChI=1S/C10H8ClN5O/c1-5-6(2-3-17-5)16-4-13-7-8(11)14-10(12)15-9(7)16/h2-4H,1H3,(H2,12,14,15). The summed E-state index contributed by atoms with van der Waals surface area (Å²) in [6.07, 6.45) is 3.21. The van der Waals surface area contributed by atoms with Crippen molar-refractivity contribution in [2.45, 2.75) is 6.92 Å². The summed E-state index contributed by atoms with van der Waals surface area (Å²) in [5, 5.41) is 0.243. The third-order valence-electron chi connectivity index (χ3n) is 2.46. The number of imidazole rings is 1. The lowest BCUT2D eigenvalue weighted by atomic mass is 10.4. The van der Waals surface area contributed by atoms with Crippen LogP contribution in [0, 0.1) is 6.92 Å². The van der Waals surface area contributed by atoms with E-state index in [0.717, 1.165) is 11.4 Å². The van der Waals surface area contributed by atoms with E-state index in [1.54, 1.807) is 17.2 Å². The molecule has 17 heavy (non-hydrogen) atoms. The second-order valence-electron chi connectivity index (χ2n) is 3.52. The lowest BCUT2D eigenvalue weighted by molar-refractivity contribution is 0.532. The van der Waals surface area contributed by atoms with Gasteiger partial charge in [0.2, 0.25) is 5.95 Å². The molecule has 0 fully saturated rings. The van der Waals surface area contributed by atoms with Gasteiger partial charge in [0.25, 0.3) is 0 Å². The molecule has 3 aromatic heterocycles. The molecule has 86 valence electrons. The van der Waals surface area contributed by atoms with E-state index in [9.17, 15) is 0 Å². The van der Waals surface area contributed by atoms with Crippen LogP contribution in [0.15, 0.2) is 23.1 Å². The molecule has 3 heterocycles. The molecule has 0 spiro atoms. The average Bonchev–Trinajstić information content (AvgIpc) is 2.84. The summed E-state index contributed by atoms with van der Waals surface area (Å²) < 4.78 is 7.00. The first-order valence-corrected chi connectivity index (χ1v) is 5.25. The van der Waals surface area contributed by atoms with Crippen LogP contribution in [-0.4, -0.2) is 19.5 Å². The molecule has 0 amide bonds. The number of aromatic nitrogens is 4. The Labute approximate surface area is 101 Å². The minimum Gasteiger partial charge on any atom is -0.467 e. The first-order chi connectivity index (χ1) is 8.16. The molecule has 0 aliphatic rings. The molecule has 2 N–H and O–H groups in total. The molecular formula is C10H8ClN5O. The first-order valence-electron chi connectivity index (χ1n) is 4.87. The number of aryl methyl sites for hydroxylation is 1. The van der Waals surface area contributed by atoms with Gasteiger partial charge in [0.15, 0.2) is 10.8 Å². The Hall–Kier alpha value is -2.08. The SMILES string of the molecule is Cc1occc1-n1cnc2c(Cl)nc(N)nc21. The molecule has 3 rings (SSSR count). The van der Waals surface area contributed by atoms with Crippen molar-refractivity contribution in [3.8, 4) is 5.69 Å². The number of halogens is 1. The lowest BCUT2D eigenvalue weighted by Gasteiger charge is -2.01. The summed E-state index contributed by atoms with van der Waals surface area (Å²) >= 11 is 5.95. The van der Waals surface area contributed by atoms with Gasteiger partial charge in [-0.15, -0.1) is 0 Å². The van der Waals surface area contributed by atoms with Crippen molar-refractivity contribution in [2.75, 3.05) is 5.73 Å². The maximum atomic E-state index is 5.95. The van der Waals surface area contributed by atoms with Crippen molar-refractivity contribution >= 4 is 28.7 Å². The van der Waals surface area contributed by atoms with Gasteiger partial charge in [-0.1, -0.05) is 11.6 Å². The second kappa shape index (κ2) is 3.46. The fraction of sp³-hybridized carbons (Fsp3) is 0.100. The molecular weight excluding hydrogens is 242 g/mol. The van der Waals surface area contributed by atoms with Crippen molar-refractivity contribution in [3.63, 3.8) is 0 Å². The van der Waals surface area contributed by atoms with E-state index < -0.39 is 0 Å². The Balaban J connectivity index is 2.36. The van der Waals surface area contributed by atoms with Crippen LogP contribution in [0.4, 0.5) is 5.95 Å². The van der Waals surface area contributed by atoms with Crippen molar-refractivity contribution in [3.05, 3.63) is 29.6 Å². The molecule has 7 heteroatoms. The topological polar surface area (TPSA) is 82.8 Å². The van der Waals surface area contributed by atoms with Crippen LogP contribution in [0.1, 0.15) is 5.76 Å². The lowest BCUT2D eigenvalue weighted by Crippen LogP contribution is -1.99. The molecule has 0 saturated heterocycles. The smallest absolute Gasteiger partial charge is 0.223 e. The van der Waals surface area contributed by atoms with Gasteiger partial charge in [0, 0.05) is 6.07 Å². The normalized spacial score (nSPS) is 11.2. The minimum absolute atomic E-state index is 0.116. The van der Waals surface area contributed by atoms with Gasteiger partial charge in [0.1, 0.15) is 17.6 Å². The molecule has 6 nitrogen and oxygen atoms in total. The number of hydrogen-bond donors (Lipinski definition) is 1. The molecule has 0 saturated carbocycles. The van der Waals surface area contributed by atoms with Crippen molar-refractivity contribution in [2.24, 2.45) is 0 Å². The van der Waals surface area contributed by atoms with E-state index in [1.165, 1.54) is 0 Å². The summed E-state index contributed by atoms with van der Waals surface area (Å²) in [6.45, 7) is 1.85. The molecule has 0 aliphatic heterocycles. The summed E-state index contributed by atoms with van der Waals surface area (Å²) in [6, 6.07) is 1.82. The molecule has 0 aromatic carbocycles. The van der Waals surface area contributed by atoms with Crippen LogP contribution in [0.5, 0.6) is 0 Å². The van der Waals surface area contributed by atoms with Gasteiger partial charge < -0.3 is 10.2 Å². The Bertz CT molecular complexity index is 702. The molecule has 0 bridgehead atoms. The van der Waals surface area contributed by atoms with Gasteiger partial charge in [-0.25, -0.2) is 4.98 Å². The van der Waals surface area contributed by atoms with Crippen LogP contribution in [0.3, 0.4) is 0 Å². The van der Waals surface area contributed by atoms with Gasteiger partial charge >= 0.3 is 0 Å². The van der Waals surface area contributed by atoms with Crippen molar-refractivity contribution in [1.82, 2.24) is 19.5 Å². The summed E-state index contributed by atoms with van der Waals surface area (Å²) in [4.78, 5) is 12.2. The first kappa shape index (κ1) is 10.1. The fourth-order valence-corrected chi connectivity index (χ4v) is 1.91. The third kappa shape index (κ3) is 1.45. The van der Waals surface area contributed by atoms with Gasteiger partial charge in [0.05, 0.1) is 12.0 Å². The van der Waals surface area contributed by atoms with Crippen LogP contribution < -0.4 is 5.73 Å². The van der Waals surface area contributed by atoms with Crippen LogP contribution in [0.2, 0.25) is 5.15 Å². The van der Waals surface area contributed by atoms with E-state index >= 15 is 0 Å². The van der Waals surface area contributed by atoms with E-state index in [1.807, 2.05) is 13.0 Å². The zero-order chi connectivity index (χ0) is 12.0. The van der Waals surface area contributed by atoms with E-state index in [0.29, 0.717) is 11.2 Å². The highest BCUT2D eigenvalue weighted by Gasteiger charge is 2.13. The number of furan rings is 1. The summed E-state index contributed by atoms with van der Waals surface area (Å²) in [5.74, 6) is 0.878. The highest BCUT2D eigenvalue weighted by atomic mass is 35.5. The van der Waals surface area contributed by atoms with E-state index in [4.69, 9.17) is 21.8 Å². The van der Waals surface area contributed by atoms with Crippen molar-refractivity contribution in [1.29, 1.82) is 0 Å². The van der Waals surface area contributed by atoms with E-state index in [-0.39, 0.29) is 11.1 Å². The van der Waals surface area contributed by atoms with Crippen LogP contribution in [-0.2, 0) is 0 Å². The number of nitrogens with zero attached hydrogens (tertiary/aromatic N) is 4. The predicted molar refractivity (Wildman–Crippen MR) is 63.1 cm³/mol. The molecule has 0 aliphatic carbocycles. The average molecular weight is 250 g/mol.